The summed E-state index contributed by atoms with van der Waals surface area (Å²) in [6, 6.07) is 0. The van der Waals surface area contributed by atoms with E-state index in [1.807, 2.05) is 6.92 Å². The minimum Gasteiger partial charge on any atom is -0.469 e. The van der Waals surface area contributed by atoms with Crippen LogP contribution in [0.1, 0.15) is 26.7 Å². The van der Waals surface area contributed by atoms with E-state index in [9.17, 15) is 9.59 Å². The van der Waals surface area contributed by atoms with Crippen LogP contribution in [-0.4, -0.2) is 19.4 Å². The fourth-order valence-corrected chi connectivity index (χ4v) is 2.47. The maximum atomic E-state index is 11.5. The zero-order valence-corrected chi connectivity index (χ0v) is 9.03. The molecule has 1 rings (SSSR count). The summed E-state index contributed by atoms with van der Waals surface area (Å²) in [4.78, 5) is 22.2. The molecule has 0 aliphatic heterocycles. The Morgan fingerprint density at radius 1 is 1.50 bits per heavy atom. The monoisotopic (exact) mass is 198 g/mol. The van der Waals surface area contributed by atoms with E-state index in [4.69, 9.17) is 4.74 Å². The van der Waals surface area contributed by atoms with E-state index in [2.05, 4.69) is 6.92 Å². The molecule has 0 bridgehead atoms. The first-order valence-electron chi connectivity index (χ1n) is 5.15. The first-order valence-corrected chi connectivity index (χ1v) is 5.15. The first-order chi connectivity index (χ1) is 6.61. The lowest BCUT2D eigenvalue weighted by Crippen LogP contribution is -2.29. The van der Waals surface area contributed by atoms with E-state index in [1.54, 1.807) is 0 Å². The maximum absolute atomic E-state index is 11.5. The Kier molecular flexibility index (Phi) is 3.67. The Morgan fingerprint density at radius 2 is 2.14 bits per heavy atom. The van der Waals surface area contributed by atoms with Crippen LogP contribution in [0.3, 0.4) is 0 Å². The van der Waals surface area contributed by atoms with Gasteiger partial charge in [0.1, 0.15) is 6.29 Å². The van der Waals surface area contributed by atoms with Crippen LogP contribution >= 0.6 is 0 Å². The van der Waals surface area contributed by atoms with Gasteiger partial charge in [0.15, 0.2) is 0 Å². The third-order valence-corrected chi connectivity index (χ3v) is 3.39. The van der Waals surface area contributed by atoms with Crippen molar-refractivity contribution in [3.8, 4) is 0 Å². The van der Waals surface area contributed by atoms with Gasteiger partial charge in [-0.15, -0.1) is 0 Å². The van der Waals surface area contributed by atoms with Crippen molar-refractivity contribution in [3.05, 3.63) is 0 Å². The summed E-state index contributed by atoms with van der Waals surface area (Å²) in [5.41, 5.74) is 0. The summed E-state index contributed by atoms with van der Waals surface area (Å²) in [6.07, 6.45) is 2.92. The number of carbonyl (C=O) groups excluding carboxylic acids is 2. The van der Waals surface area contributed by atoms with Gasteiger partial charge in [-0.1, -0.05) is 13.8 Å². The standard InChI is InChI=1S/C11H18O3/c1-7-4-5-9(8(2)6-12)10(7)11(13)14-3/h6-10H,4-5H2,1-3H3/t7-,8+,9+,10+/m0/s1. The van der Waals surface area contributed by atoms with E-state index in [0.717, 1.165) is 19.1 Å². The number of aldehydes is 1. The van der Waals surface area contributed by atoms with Crippen LogP contribution in [0.2, 0.25) is 0 Å². The summed E-state index contributed by atoms with van der Waals surface area (Å²) in [5, 5.41) is 0. The van der Waals surface area contributed by atoms with Crippen molar-refractivity contribution in [2.75, 3.05) is 7.11 Å². The molecule has 1 fully saturated rings. The molecule has 1 saturated carbocycles. The molecular formula is C11H18O3. The molecule has 3 nitrogen and oxygen atoms in total. The summed E-state index contributed by atoms with van der Waals surface area (Å²) in [5.74, 6) is 0.239. The van der Waals surface area contributed by atoms with Gasteiger partial charge in [-0.2, -0.15) is 0 Å². The molecule has 0 aromatic heterocycles. The van der Waals surface area contributed by atoms with E-state index < -0.39 is 0 Å². The van der Waals surface area contributed by atoms with E-state index in [0.29, 0.717) is 5.92 Å². The van der Waals surface area contributed by atoms with Gasteiger partial charge in [-0.3, -0.25) is 4.79 Å². The highest BCUT2D eigenvalue weighted by Gasteiger charge is 2.41. The third kappa shape index (κ3) is 1.97. The highest BCUT2D eigenvalue weighted by molar-refractivity contribution is 5.74. The smallest absolute Gasteiger partial charge is 0.309 e. The average Bonchev–Trinajstić information content (AvgIpc) is 2.58. The van der Waals surface area contributed by atoms with Gasteiger partial charge in [-0.25, -0.2) is 0 Å². The molecule has 0 spiro atoms. The number of hydrogen-bond donors (Lipinski definition) is 0. The van der Waals surface area contributed by atoms with Crippen LogP contribution < -0.4 is 0 Å². The molecule has 0 aromatic rings. The lowest BCUT2D eigenvalue weighted by Gasteiger charge is -2.22. The second-order valence-corrected chi connectivity index (χ2v) is 4.26. The van der Waals surface area contributed by atoms with Crippen molar-refractivity contribution >= 4 is 12.3 Å². The van der Waals surface area contributed by atoms with Crippen LogP contribution in [-0.2, 0) is 14.3 Å². The number of ether oxygens (including phenoxy) is 1. The number of carbonyl (C=O) groups is 2. The number of rotatable bonds is 3. The van der Waals surface area contributed by atoms with Crippen molar-refractivity contribution in [2.45, 2.75) is 26.7 Å². The van der Waals surface area contributed by atoms with Crippen LogP contribution in [0.4, 0.5) is 0 Å². The Hall–Kier alpha value is -0.860. The summed E-state index contributed by atoms with van der Waals surface area (Å²) in [6.45, 7) is 3.94. The fourth-order valence-electron chi connectivity index (χ4n) is 2.47. The van der Waals surface area contributed by atoms with Crippen molar-refractivity contribution in [2.24, 2.45) is 23.7 Å². The Labute approximate surface area is 84.8 Å². The maximum Gasteiger partial charge on any atom is 0.309 e. The molecule has 0 amide bonds. The quantitative estimate of drug-likeness (QED) is 0.511. The topological polar surface area (TPSA) is 43.4 Å². The predicted octanol–water partition coefficient (Wildman–Crippen LogP) is 1.66. The van der Waals surface area contributed by atoms with E-state index in [1.165, 1.54) is 7.11 Å². The molecule has 4 atom stereocenters. The van der Waals surface area contributed by atoms with Crippen LogP contribution in [0, 0.1) is 23.7 Å². The molecule has 0 saturated heterocycles. The van der Waals surface area contributed by atoms with Crippen molar-refractivity contribution < 1.29 is 14.3 Å². The predicted molar refractivity (Wildman–Crippen MR) is 52.6 cm³/mol. The lowest BCUT2D eigenvalue weighted by molar-refractivity contribution is -0.148. The highest BCUT2D eigenvalue weighted by Crippen LogP contribution is 2.41. The molecule has 1 aliphatic rings. The number of hydrogen-bond acceptors (Lipinski definition) is 3. The largest absolute Gasteiger partial charge is 0.469 e. The second-order valence-electron chi connectivity index (χ2n) is 4.26. The number of methoxy groups -OCH3 is 1. The Bertz CT molecular complexity index is 225. The zero-order valence-electron chi connectivity index (χ0n) is 9.03. The molecule has 0 unspecified atom stereocenters. The van der Waals surface area contributed by atoms with Crippen LogP contribution in [0.5, 0.6) is 0 Å². The van der Waals surface area contributed by atoms with E-state index in [-0.39, 0.29) is 23.7 Å². The van der Waals surface area contributed by atoms with Crippen LogP contribution in [0.25, 0.3) is 0 Å². The van der Waals surface area contributed by atoms with Gasteiger partial charge >= 0.3 is 5.97 Å². The third-order valence-electron chi connectivity index (χ3n) is 3.39. The minimum atomic E-state index is -0.159. The normalized spacial score (nSPS) is 33.8. The van der Waals surface area contributed by atoms with Crippen molar-refractivity contribution in [1.82, 2.24) is 0 Å². The molecular weight excluding hydrogens is 180 g/mol. The van der Waals surface area contributed by atoms with Crippen LogP contribution in [0.15, 0.2) is 0 Å². The average molecular weight is 198 g/mol. The molecule has 14 heavy (non-hydrogen) atoms. The molecule has 3 heteroatoms. The summed E-state index contributed by atoms with van der Waals surface area (Å²) < 4.78 is 4.77. The SMILES string of the molecule is COC(=O)[C@H]1[C@@H]([C@H](C)C=O)CC[C@@H]1C. The summed E-state index contributed by atoms with van der Waals surface area (Å²) >= 11 is 0. The van der Waals surface area contributed by atoms with Gasteiger partial charge in [0.2, 0.25) is 0 Å². The zero-order chi connectivity index (χ0) is 10.7. The molecule has 1 aliphatic carbocycles. The van der Waals surface area contributed by atoms with Gasteiger partial charge in [0, 0.05) is 5.92 Å². The molecule has 0 heterocycles. The van der Waals surface area contributed by atoms with Crippen molar-refractivity contribution in [1.29, 1.82) is 0 Å². The molecule has 0 aromatic carbocycles. The molecule has 0 N–H and O–H groups in total. The Morgan fingerprint density at radius 3 is 2.64 bits per heavy atom. The van der Waals surface area contributed by atoms with Gasteiger partial charge in [0.05, 0.1) is 13.0 Å². The highest BCUT2D eigenvalue weighted by atomic mass is 16.5. The Balaban J connectivity index is 2.76. The summed E-state index contributed by atoms with van der Waals surface area (Å²) in [7, 11) is 1.41. The molecule has 0 radical (unpaired) electrons. The van der Waals surface area contributed by atoms with Gasteiger partial charge < -0.3 is 9.53 Å². The second kappa shape index (κ2) is 4.58. The first kappa shape index (κ1) is 11.2. The van der Waals surface area contributed by atoms with Gasteiger partial charge in [0.25, 0.3) is 0 Å². The lowest BCUT2D eigenvalue weighted by atomic mass is 9.83. The number of esters is 1. The van der Waals surface area contributed by atoms with Crippen molar-refractivity contribution in [3.63, 3.8) is 0 Å². The fraction of sp³-hybridized carbons (Fsp3) is 0.818. The van der Waals surface area contributed by atoms with E-state index >= 15 is 0 Å². The minimum absolute atomic E-state index is 0.0379. The molecule has 80 valence electrons. The van der Waals surface area contributed by atoms with Gasteiger partial charge in [-0.05, 0) is 24.7 Å².